The van der Waals surface area contributed by atoms with Crippen LogP contribution < -0.4 is 10.1 Å². The predicted octanol–water partition coefficient (Wildman–Crippen LogP) is 6.00. The van der Waals surface area contributed by atoms with Gasteiger partial charge >= 0.3 is 6.18 Å². The Bertz CT molecular complexity index is 1250. The van der Waals surface area contributed by atoms with Crippen molar-refractivity contribution in [3.63, 3.8) is 0 Å². The number of halogens is 3. The molecule has 1 N–H and O–H groups in total. The molecule has 4 aromatic rings. The summed E-state index contributed by atoms with van der Waals surface area (Å²) < 4.78 is 49.3. The number of alkyl halides is 3. The van der Waals surface area contributed by atoms with Gasteiger partial charge in [0.1, 0.15) is 10.8 Å². The number of carbonyl (C=O) groups excluding carboxylic acids is 1. The molecule has 0 aliphatic carbocycles. The second-order valence-electron chi connectivity index (χ2n) is 7.21. The van der Waals surface area contributed by atoms with Gasteiger partial charge in [-0.1, -0.05) is 24.3 Å². The van der Waals surface area contributed by atoms with Crippen molar-refractivity contribution >= 4 is 28.2 Å². The van der Waals surface area contributed by atoms with Gasteiger partial charge in [0, 0.05) is 16.3 Å². The molecule has 2 heterocycles. The van der Waals surface area contributed by atoms with Gasteiger partial charge in [-0.15, -0.1) is 11.3 Å². The number of aromatic nitrogens is 1. The third kappa shape index (κ3) is 4.62. The average Bonchev–Trinajstić information content (AvgIpc) is 3.40. The lowest BCUT2D eigenvalue weighted by atomic mass is 10.1. The van der Waals surface area contributed by atoms with Crippen LogP contribution in [0.2, 0.25) is 0 Å². The van der Waals surface area contributed by atoms with Crippen LogP contribution in [-0.2, 0) is 17.4 Å². The minimum absolute atomic E-state index is 0.0467. The van der Waals surface area contributed by atoms with Gasteiger partial charge in [0.2, 0.25) is 5.91 Å². The Hall–Kier alpha value is -3.33. The van der Waals surface area contributed by atoms with Crippen molar-refractivity contribution in [2.75, 3.05) is 7.11 Å². The summed E-state index contributed by atoms with van der Waals surface area (Å²) in [7, 11) is 1.56. The van der Waals surface area contributed by atoms with Crippen molar-refractivity contribution < 1.29 is 27.1 Å². The Kier molecular flexibility index (Phi) is 5.92. The van der Waals surface area contributed by atoms with E-state index in [1.165, 1.54) is 23.5 Å². The molecule has 0 saturated carbocycles. The van der Waals surface area contributed by atoms with E-state index in [-0.39, 0.29) is 18.4 Å². The van der Waals surface area contributed by atoms with Gasteiger partial charge in [0.15, 0.2) is 11.3 Å². The molecule has 1 unspecified atom stereocenters. The van der Waals surface area contributed by atoms with Gasteiger partial charge in [-0.2, -0.15) is 13.2 Å². The fourth-order valence-corrected chi connectivity index (χ4v) is 4.11. The predicted molar refractivity (Wildman–Crippen MR) is 116 cm³/mol. The third-order valence-electron chi connectivity index (χ3n) is 4.90. The van der Waals surface area contributed by atoms with E-state index in [0.29, 0.717) is 33.4 Å². The third-order valence-corrected chi connectivity index (χ3v) is 5.84. The number of amides is 1. The van der Waals surface area contributed by atoms with Gasteiger partial charge in [-0.05, 0) is 31.2 Å². The quantitative estimate of drug-likeness (QED) is 0.383. The number of methoxy groups -OCH3 is 1. The van der Waals surface area contributed by atoms with Gasteiger partial charge in [-0.3, -0.25) is 4.79 Å². The largest absolute Gasteiger partial charge is 0.493 e. The van der Waals surface area contributed by atoms with Gasteiger partial charge < -0.3 is 14.5 Å². The van der Waals surface area contributed by atoms with Crippen molar-refractivity contribution in [3.05, 3.63) is 70.9 Å². The van der Waals surface area contributed by atoms with Crippen molar-refractivity contribution in [2.45, 2.75) is 25.6 Å². The lowest BCUT2D eigenvalue weighted by molar-refractivity contribution is -0.137. The van der Waals surface area contributed by atoms with Crippen LogP contribution in [0.5, 0.6) is 5.75 Å². The highest BCUT2D eigenvalue weighted by molar-refractivity contribution is 7.13. The number of hydrogen-bond donors (Lipinski definition) is 1. The van der Waals surface area contributed by atoms with Crippen molar-refractivity contribution in [1.29, 1.82) is 0 Å². The number of para-hydroxylation sites is 1. The lowest BCUT2D eigenvalue weighted by Crippen LogP contribution is -2.27. The molecular weight excluding hydrogens is 441 g/mol. The number of benzene rings is 2. The molecule has 4 rings (SSSR count). The maximum absolute atomic E-state index is 12.7. The molecule has 2 aromatic heterocycles. The maximum atomic E-state index is 12.7. The SMILES string of the molecule is COc1cccc2cc(C(C)NC(=O)Cc3csc(-c4ccc(C(F)(F)F)cc4)n3)oc12. The Labute approximate surface area is 185 Å². The molecule has 9 heteroatoms. The standard InChI is InChI=1S/C23H19F3N2O3S/c1-13(19-10-15-4-3-5-18(30-2)21(15)31-19)27-20(29)11-17-12-32-22(28-17)14-6-8-16(9-7-14)23(24,25)26/h3-10,12-13H,11H2,1-2H3,(H,27,29). The number of fused-ring (bicyclic) bond motifs is 1. The van der Waals surface area contributed by atoms with Gasteiger partial charge in [0.25, 0.3) is 0 Å². The highest BCUT2D eigenvalue weighted by Gasteiger charge is 2.30. The number of nitrogens with zero attached hydrogens (tertiary/aromatic N) is 1. The first-order chi connectivity index (χ1) is 15.2. The lowest BCUT2D eigenvalue weighted by Gasteiger charge is -2.10. The van der Waals surface area contributed by atoms with Crippen LogP contribution in [0.15, 0.2) is 58.3 Å². The number of rotatable bonds is 6. The van der Waals surface area contributed by atoms with Crippen LogP contribution in [0.25, 0.3) is 21.5 Å². The van der Waals surface area contributed by atoms with E-state index in [0.717, 1.165) is 17.5 Å². The molecule has 0 aliphatic rings. The van der Waals surface area contributed by atoms with Gasteiger partial charge in [0.05, 0.1) is 30.8 Å². The topological polar surface area (TPSA) is 64.4 Å². The minimum atomic E-state index is -4.38. The first kappa shape index (κ1) is 21.9. The first-order valence-corrected chi connectivity index (χ1v) is 10.6. The summed E-state index contributed by atoms with van der Waals surface area (Å²) in [6, 6.07) is 11.8. The number of carbonyl (C=O) groups is 1. The van der Waals surface area contributed by atoms with E-state index in [1.807, 2.05) is 25.1 Å². The van der Waals surface area contributed by atoms with E-state index in [4.69, 9.17) is 9.15 Å². The van der Waals surface area contributed by atoms with Crippen LogP contribution in [0.1, 0.15) is 30.0 Å². The summed E-state index contributed by atoms with van der Waals surface area (Å²) in [6.45, 7) is 1.82. The maximum Gasteiger partial charge on any atom is 0.416 e. The number of thiazole rings is 1. The summed E-state index contributed by atoms with van der Waals surface area (Å²) in [5.74, 6) is 0.973. The molecule has 5 nitrogen and oxygen atoms in total. The van der Waals surface area contributed by atoms with Crippen LogP contribution >= 0.6 is 11.3 Å². The zero-order valence-electron chi connectivity index (χ0n) is 17.2. The number of hydrogen-bond acceptors (Lipinski definition) is 5. The number of ether oxygens (including phenoxy) is 1. The smallest absolute Gasteiger partial charge is 0.416 e. The highest BCUT2D eigenvalue weighted by Crippen LogP contribution is 2.32. The van der Waals surface area contributed by atoms with E-state index in [9.17, 15) is 18.0 Å². The molecule has 0 bridgehead atoms. The first-order valence-electron chi connectivity index (χ1n) is 9.72. The molecule has 1 amide bonds. The zero-order chi connectivity index (χ0) is 22.9. The number of nitrogens with one attached hydrogen (secondary N) is 1. The second kappa shape index (κ2) is 8.66. The fourth-order valence-electron chi connectivity index (χ4n) is 3.28. The molecule has 0 aliphatic heterocycles. The van der Waals surface area contributed by atoms with Gasteiger partial charge in [-0.25, -0.2) is 4.98 Å². The van der Waals surface area contributed by atoms with E-state index in [1.54, 1.807) is 18.6 Å². The van der Waals surface area contributed by atoms with Crippen molar-refractivity contribution in [2.24, 2.45) is 0 Å². The molecule has 0 saturated heterocycles. The molecule has 0 radical (unpaired) electrons. The monoisotopic (exact) mass is 460 g/mol. The van der Waals surface area contributed by atoms with Crippen LogP contribution in [0.3, 0.4) is 0 Å². The molecule has 2 aromatic carbocycles. The van der Waals surface area contributed by atoms with E-state index < -0.39 is 11.7 Å². The second-order valence-corrected chi connectivity index (χ2v) is 8.07. The van der Waals surface area contributed by atoms with Crippen LogP contribution in [0, 0.1) is 0 Å². The van der Waals surface area contributed by atoms with Crippen molar-refractivity contribution in [1.82, 2.24) is 10.3 Å². The fraction of sp³-hybridized carbons (Fsp3) is 0.217. The zero-order valence-corrected chi connectivity index (χ0v) is 18.0. The molecular formula is C23H19F3N2O3S. The Morgan fingerprint density at radius 1 is 1.22 bits per heavy atom. The Balaban J connectivity index is 1.41. The van der Waals surface area contributed by atoms with E-state index in [2.05, 4.69) is 10.3 Å². The van der Waals surface area contributed by atoms with E-state index >= 15 is 0 Å². The average molecular weight is 460 g/mol. The Morgan fingerprint density at radius 3 is 2.66 bits per heavy atom. The summed E-state index contributed by atoms with van der Waals surface area (Å²) in [5, 5.41) is 6.04. The normalized spacial score (nSPS) is 12.7. The minimum Gasteiger partial charge on any atom is -0.493 e. The molecule has 166 valence electrons. The summed E-state index contributed by atoms with van der Waals surface area (Å²) in [6.07, 6.45) is -4.34. The molecule has 32 heavy (non-hydrogen) atoms. The summed E-state index contributed by atoms with van der Waals surface area (Å²) >= 11 is 1.28. The Morgan fingerprint density at radius 2 is 1.97 bits per heavy atom. The molecule has 0 fully saturated rings. The summed E-state index contributed by atoms with van der Waals surface area (Å²) in [4.78, 5) is 16.9. The number of furan rings is 1. The van der Waals surface area contributed by atoms with Crippen LogP contribution in [-0.4, -0.2) is 18.0 Å². The molecule has 0 spiro atoms. The van der Waals surface area contributed by atoms with Crippen molar-refractivity contribution in [3.8, 4) is 16.3 Å². The van der Waals surface area contributed by atoms with Crippen LogP contribution in [0.4, 0.5) is 13.2 Å². The summed E-state index contributed by atoms with van der Waals surface area (Å²) in [5.41, 5.74) is 1.02. The highest BCUT2D eigenvalue weighted by atomic mass is 32.1. The molecule has 1 atom stereocenters.